The minimum Gasteiger partial charge on any atom is -0.396 e. The third-order valence-corrected chi connectivity index (χ3v) is 5.97. The zero-order valence-electron chi connectivity index (χ0n) is 17.8. The van der Waals surface area contributed by atoms with Gasteiger partial charge in [0.15, 0.2) is 0 Å². The van der Waals surface area contributed by atoms with Crippen LogP contribution in [0.2, 0.25) is 0 Å². The monoisotopic (exact) mass is 430 g/mol. The van der Waals surface area contributed by atoms with Crippen molar-refractivity contribution in [3.8, 4) is 11.3 Å². The Balaban J connectivity index is 1.76. The summed E-state index contributed by atoms with van der Waals surface area (Å²) in [7, 11) is 0. The molecule has 1 atom stereocenters. The Morgan fingerprint density at radius 3 is 2.74 bits per heavy atom. The van der Waals surface area contributed by atoms with Gasteiger partial charge in [-0.15, -0.1) is 11.8 Å². The third-order valence-electron chi connectivity index (χ3n) is 5.23. The summed E-state index contributed by atoms with van der Waals surface area (Å²) in [6.07, 6.45) is 6.68. The van der Waals surface area contributed by atoms with Crippen LogP contribution in [0.1, 0.15) is 23.4 Å². The zero-order chi connectivity index (χ0) is 21.6. The van der Waals surface area contributed by atoms with Crippen LogP contribution in [0, 0.1) is 6.92 Å². The SMILES string of the molecule is CSc1ccc(-c2cc(C(C=N[C@H]3CCOC3)=C(N)c3cccc(C)n3)ccn2)cc1. The minimum absolute atomic E-state index is 0.161. The number of aromatic nitrogens is 2. The van der Waals surface area contributed by atoms with Crippen molar-refractivity contribution in [2.75, 3.05) is 19.5 Å². The van der Waals surface area contributed by atoms with Crippen molar-refractivity contribution in [2.24, 2.45) is 10.7 Å². The van der Waals surface area contributed by atoms with Gasteiger partial charge in [0.2, 0.25) is 0 Å². The van der Waals surface area contributed by atoms with Gasteiger partial charge in [-0.05, 0) is 61.6 Å². The second kappa shape index (κ2) is 9.90. The first kappa shape index (κ1) is 21.3. The maximum absolute atomic E-state index is 6.62. The van der Waals surface area contributed by atoms with Crippen molar-refractivity contribution >= 4 is 29.2 Å². The molecular weight excluding hydrogens is 404 g/mol. The molecule has 3 heterocycles. The van der Waals surface area contributed by atoms with E-state index in [-0.39, 0.29) is 6.04 Å². The number of hydrogen-bond acceptors (Lipinski definition) is 6. The van der Waals surface area contributed by atoms with Crippen LogP contribution in [0.5, 0.6) is 0 Å². The highest BCUT2D eigenvalue weighted by atomic mass is 32.2. The smallest absolute Gasteiger partial charge is 0.0869 e. The molecule has 0 radical (unpaired) electrons. The van der Waals surface area contributed by atoms with Gasteiger partial charge in [-0.25, -0.2) is 0 Å². The highest BCUT2D eigenvalue weighted by Crippen LogP contribution is 2.26. The van der Waals surface area contributed by atoms with Crippen molar-refractivity contribution < 1.29 is 4.74 Å². The molecule has 0 amide bonds. The van der Waals surface area contributed by atoms with E-state index in [1.807, 2.05) is 43.6 Å². The largest absolute Gasteiger partial charge is 0.396 e. The molecular formula is C25H26N4OS. The predicted molar refractivity (Wildman–Crippen MR) is 129 cm³/mol. The van der Waals surface area contributed by atoms with Crippen molar-refractivity contribution in [3.05, 3.63) is 77.7 Å². The molecule has 4 rings (SSSR count). The summed E-state index contributed by atoms with van der Waals surface area (Å²) < 4.78 is 5.47. The molecule has 1 fully saturated rings. The fraction of sp³-hybridized carbons (Fsp3) is 0.240. The van der Waals surface area contributed by atoms with E-state index >= 15 is 0 Å². The molecule has 0 saturated carbocycles. The Bertz CT molecular complexity index is 1100. The van der Waals surface area contributed by atoms with E-state index in [9.17, 15) is 0 Å². The summed E-state index contributed by atoms with van der Waals surface area (Å²) in [5.41, 5.74) is 12.6. The van der Waals surface area contributed by atoms with Crippen molar-refractivity contribution in [3.63, 3.8) is 0 Å². The zero-order valence-corrected chi connectivity index (χ0v) is 18.6. The first-order chi connectivity index (χ1) is 15.1. The summed E-state index contributed by atoms with van der Waals surface area (Å²) in [5.74, 6) is 0. The van der Waals surface area contributed by atoms with Crippen LogP contribution in [-0.4, -0.2) is 41.7 Å². The molecule has 2 N–H and O–H groups in total. The van der Waals surface area contributed by atoms with Gasteiger partial charge in [-0.1, -0.05) is 18.2 Å². The minimum atomic E-state index is 0.161. The molecule has 5 nitrogen and oxygen atoms in total. The lowest BCUT2D eigenvalue weighted by atomic mass is 10.0. The number of aliphatic imine (C=N–C) groups is 1. The highest BCUT2D eigenvalue weighted by Gasteiger charge is 2.15. The molecule has 31 heavy (non-hydrogen) atoms. The lowest BCUT2D eigenvalue weighted by Gasteiger charge is -2.11. The van der Waals surface area contributed by atoms with Crippen LogP contribution in [0.3, 0.4) is 0 Å². The Kier molecular flexibility index (Phi) is 6.79. The average molecular weight is 431 g/mol. The molecule has 1 aliphatic rings. The molecule has 0 spiro atoms. The molecule has 1 aliphatic heterocycles. The molecule has 6 heteroatoms. The molecule has 3 aromatic rings. The number of nitrogens with two attached hydrogens (primary N) is 1. The van der Waals surface area contributed by atoms with E-state index in [1.54, 1.807) is 11.8 Å². The average Bonchev–Trinajstić information content (AvgIpc) is 3.33. The van der Waals surface area contributed by atoms with Crippen molar-refractivity contribution in [2.45, 2.75) is 24.3 Å². The number of thioether (sulfide) groups is 1. The van der Waals surface area contributed by atoms with Gasteiger partial charge in [0.05, 0.1) is 29.7 Å². The van der Waals surface area contributed by atoms with Crippen LogP contribution in [0.25, 0.3) is 22.5 Å². The molecule has 0 unspecified atom stereocenters. The van der Waals surface area contributed by atoms with Gasteiger partial charge >= 0.3 is 0 Å². The summed E-state index contributed by atoms with van der Waals surface area (Å²) >= 11 is 1.72. The van der Waals surface area contributed by atoms with Gasteiger partial charge in [0.1, 0.15) is 0 Å². The van der Waals surface area contributed by atoms with E-state index in [4.69, 9.17) is 15.5 Å². The van der Waals surface area contributed by atoms with Crippen molar-refractivity contribution in [1.29, 1.82) is 0 Å². The van der Waals surface area contributed by atoms with Crippen LogP contribution in [0.15, 0.2) is 70.7 Å². The van der Waals surface area contributed by atoms with E-state index in [1.165, 1.54) is 4.90 Å². The number of pyridine rings is 2. The predicted octanol–water partition coefficient (Wildman–Crippen LogP) is 4.86. The standard InChI is InChI=1S/C25H26N4OS/c1-17-4-3-5-23(29-17)25(26)22(15-28-20-11-13-30-16-20)19-10-12-27-24(14-19)18-6-8-21(31-2)9-7-18/h3-10,12,14-15,20H,11,13,16,26H2,1-2H3/t20-/m0/s1. The number of ether oxygens (including phenoxy) is 1. The maximum atomic E-state index is 6.62. The Morgan fingerprint density at radius 1 is 1.19 bits per heavy atom. The second-order valence-electron chi connectivity index (χ2n) is 7.45. The number of rotatable bonds is 6. The first-order valence-corrected chi connectivity index (χ1v) is 11.5. The van der Waals surface area contributed by atoms with E-state index in [0.717, 1.165) is 46.8 Å². The van der Waals surface area contributed by atoms with E-state index in [0.29, 0.717) is 12.3 Å². The highest BCUT2D eigenvalue weighted by molar-refractivity contribution is 7.98. The quantitative estimate of drug-likeness (QED) is 0.447. The van der Waals surface area contributed by atoms with E-state index in [2.05, 4.69) is 46.6 Å². The molecule has 0 bridgehead atoms. The second-order valence-corrected chi connectivity index (χ2v) is 8.33. The molecule has 158 valence electrons. The van der Waals surface area contributed by atoms with Crippen LogP contribution < -0.4 is 5.73 Å². The Morgan fingerprint density at radius 2 is 2.03 bits per heavy atom. The maximum Gasteiger partial charge on any atom is 0.0869 e. The molecule has 1 aromatic carbocycles. The lowest BCUT2D eigenvalue weighted by Crippen LogP contribution is -2.08. The fourth-order valence-electron chi connectivity index (χ4n) is 3.47. The molecule has 1 saturated heterocycles. The third kappa shape index (κ3) is 5.21. The van der Waals surface area contributed by atoms with Gasteiger partial charge in [-0.2, -0.15) is 0 Å². The van der Waals surface area contributed by atoms with Crippen LogP contribution >= 0.6 is 11.8 Å². The van der Waals surface area contributed by atoms with Crippen LogP contribution in [0.4, 0.5) is 0 Å². The van der Waals surface area contributed by atoms with Gasteiger partial charge in [-0.3, -0.25) is 15.0 Å². The number of benzene rings is 1. The van der Waals surface area contributed by atoms with Gasteiger partial charge in [0.25, 0.3) is 0 Å². The molecule has 0 aliphatic carbocycles. The summed E-state index contributed by atoms with van der Waals surface area (Å²) in [4.78, 5) is 15.2. The Hall–Kier alpha value is -2.96. The number of aryl methyl sites for hydroxylation is 1. The first-order valence-electron chi connectivity index (χ1n) is 10.3. The number of allylic oxidation sites excluding steroid dienone is 1. The summed E-state index contributed by atoms with van der Waals surface area (Å²) in [6.45, 7) is 3.36. The van der Waals surface area contributed by atoms with Gasteiger partial charge in [0, 0.05) is 40.7 Å². The lowest BCUT2D eigenvalue weighted by molar-refractivity contribution is 0.194. The normalized spacial score (nSPS) is 17.2. The topological polar surface area (TPSA) is 73.4 Å². The summed E-state index contributed by atoms with van der Waals surface area (Å²) in [6, 6.07) is 18.5. The van der Waals surface area contributed by atoms with E-state index < -0.39 is 0 Å². The summed E-state index contributed by atoms with van der Waals surface area (Å²) in [5, 5.41) is 0. The number of hydrogen-bond donors (Lipinski definition) is 1. The fourth-order valence-corrected chi connectivity index (χ4v) is 3.88. The Labute approximate surface area is 187 Å². The van der Waals surface area contributed by atoms with Gasteiger partial charge < -0.3 is 10.5 Å². The number of nitrogens with zero attached hydrogens (tertiary/aromatic N) is 3. The van der Waals surface area contributed by atoms with Crippen LogP contribution in [-0.2, 0) is 4.74 Å². The van der Waals surface area contributed by atoms with Crippen molar-refractivity contribution in [1.82, 2.24) is 9.97 Å². The molecule has 2 aromatic heterocycles.